The van der Waals surface area contributed by atoms with Gasteiger partial charge in [0.05, 0.1) is 17.9 Å². The second-order valence-corrected chi connectivity index (χ2v) is 6.01. The summed E-state index contributed by atoms with van der Waals surface area (Å²) in [5.74, 6) is 0. The van der Waals surface area contributed by atoms with Crippen LogP contribution in [0.25, 0.3) is 6.08 Å². The molecular formula is C17H21ClN4. The van der Waals surface area contributed by atoms with Gasteiger partial charge in [0.25, 0.3) is 0 Å². The van der Waals surface area contributed by atoms with Crippen molar-refractivity contribution in [3.63, 3.8) is 0 Å². The Labute approximate surface area is 136 Å². The molecule has 1 aliphatic rings. The van der Waals surface area contributed by atoms with E-state index in [9.17, 15) is 0 Å². The molecular weight excluding hydrogens is 296 g/mol. The van der Waals surface area contributed by atoms with Crippen molar-refractivity contribution in [2.75, 3.05) is 32.7 Å². The number of piperazine rings is 1. The molecule has 1 saturated heterocycles. The van der Waals surface area contributed by atoms with E-state index in [0.29, 0.717) is 5.02 Å². The summed E-state index contributed by atoms with van der Waals surface area (Å²) in [6.07, 6.45) is 8.00. The molecule has 1 aromatic carbocycles. The normalized spacial score (nSPS) is 17.3. The first-order chi connectivity index (χ1) is 10.8. The van der Waals surface area contributed by atoms with Gasteiger partial charge in [0.2, 0.25) is 0 Å². The Morgan fingerprint density at radius 1 is 1.05 bits per heavy atom. The van der Waals surface area contributed by atoms with Gasteiger partial charge in [0.15, 0.2) is 0 Å². The number of hydrogen-bond donors (Lipinski definition) is 0. The van der Waals surface area contributed by atoms with Crippen LogP contribution in [0.4, 0.5) is 0 Å². The van der Waals surface area contributed by atoms with Crippen molar-refractivity contribution in [2.24, 2.45) is 0 Å². The largest absolute Gasteiger partial charge is 0.297 e. The fourth-order valence-corrected chi connectivity index (χ4v) is 2.79. The average Bonchev–Trinajstić information content (AvgIpc) is 2.95. The Morgan fingerprint density at radius 2 is 1.77 bits per heavy atom. The summed E-state index contributed by atoms with van der Waals surface area (Å²) in [6, 6.07) is 10.4. The summed E-state index contributed by atoms with van der Waals surface area (Å²) in [5, 5.41) is 4.93. The molecule has 2 heterocycles. The van der Waals surface area contributed by atoms with Crippen molar-refractivity contribution in [1.29, 1.82) is 0 Å². The molecule has 3 rings (SSSR count). The molecule has 5 heteroatoms. The zero-order chi connectivity index (χ0) is 15.2. The van der Waals surface area contributed by atoms with Crippen LogP contribution in [0.15, 0.2) is 48.8 Å². The Morgan fingerprint density at radius 3 is 2.45 bits per heavy atom. The average molecular weight is 317 g/mol. The van der Waals surface area contributed by atoms with Gasteiger partial charge >= 0.3 is 0 Å². The van der Waals surface area contributed by atoms with E-state index in [1.165, 1.54) is 5.56 Å². The van der Waals surface area contributed by atoms with E-state index in [0.717, 1.165) is 39.4 Å². The summed E-state index contributed by atoms with van der Waals surface area (Å²) < 4.78 is 1.90. The highest BCUT2D eigenvalue weighted by Gasteiger charge is 2.16. The monoisotopic (exact) mass is 316 g/mol. The number of rotatable bonds is 5. The molecule has 22 heavy (non-hydrogen) atoms. The molecule has 1 aliphatic heterocycles. The molecule has 116 valence electrons. The minimum Gasteiger partial charge on any atom is -0.297 e. The minimum atomic E-state index is 0.699. The Hall–Kier alpha value is -1.62. The molecule has 0 atom stereocenters. The molecule has 1 fully saturated rings. The fraction of sp³-hybridized carbons (Fsp3) is 0.353. The fourth-order valence-electron chi connectivity index (χ4n) is 2.64. The third kappa shape index (κ3) is 4.44. The van der Waals surface area contributed by atoms with Crippen LogP contribution in [0.2, 0.25) is 5.02 Å². The van der Waals surface area contributed by atoms with Crippen LogP contribution in [0.1, 0.15) is 5.56 Å². The van der Waals surface area contributed by atoms with Gasteiger partial charge in [-0.05, 0) is 5.56 Å². The first kappa shape index (κ1) is 15.3. The van der Waals surface area contributed by atoms with Crippen molar-refractivity contribution >= 4 is 17.7 Å². The molecule has 0 spiro atoms. The molecule has 0 amide bonds. The van der Waals surface area contributed by atoms with Gasteiger partial charge in [-0.2, -0.15) is 5.10 Å². The van der Waals surface area contributed by atoms with Crippen molar-refractivity contribution in [2.45, 2.75) is 6.67 Å². The van der Waals surface area contributed by atoms with E-state index < -0.39 is 0 Å². The maximum Gasteiger partial charge on any atom is 0.0930 e. The van der Waals surface area contributed by atoms with E-state index >= 15 is 0 Å². The highest BCUT2D eigenvalue weighted by atomic mass is 35.5. The molecule has 1 aromatic heterocycles. The van der Waals surface area contributed by atoms with Crippen LogP contribution < -0.4 is 0 Å². The molecule has 0 saturated carbocycles. The number of benzene rings is 1. The van der Waals surface area contributed by atoms with Gasteiger partial charge in [0.1, 0.15) is 0 Å². The van der Waals surface area contributed by atoms with E-state index in [-0.39, 0.29) is 0 Å². The lowest BCUT2D eigenvalue weighted by molar-refractivity contribution is 0.111. The second kappa shape index (κ2) is 7.58. The van der Waals surface area contributed by atoms with Crippen LogP contribution in [0, 0.1) is 0 Å². The van der Waals surface area contributed by atoms with Gasteiger partial charge in [-0.15, -0.1) is 0 Å². The summed E-state index contributed by atoms with van der Waals surface area (Å²) in [6.45, 7) is 6.15. The standard InChI is InChI=1S/C17H21ClN4/c18-17-13-19-22(14-17)15-21-11-9-20(10-12-21)8-4-7-16-5-2-1-3-6-16/h1-7,13-14H,8-12,15H2/b7-4+. The molecule has 4 nitrogen and oxygen atoms in total. The lowest BCUT2D eigenvalue weighted by Gasteiger charge is -2.33. The van der Waals surface area contributed by atoms with Crippen LogP contribution in [-0.2, 0) is 6.67 Å². The lowest BCUT2D eigenvalue weighted by Crippen LogP contribution is -2.46. The first-order valence-corrected chi connectivity index (χ1v) is 8.02. The number of aromatic nitrogens is 2. The Kier molecular flexibility index (Phi) is 5.27. The molecule has 0 radical (unpaired) electrons. The van der Waals surface area contributed by atoms with Gasteiger partial charge in [-0.3, -0.25) is 14.5 Å². The van der Waals surface area contributed by atoms with E-state index in [2.05, 4.69) is 51.3 Å². The third-order valence-corrected chi connectivity index (χ3v) is 4.08. The van der Waals surface area contributed by atoms with Gasteiger partial charge in [-0.25, -0.2) is 0 Å². The van der Waals surface area contributed by atoms with Crippen molar-refractivity contribution < 1.29 is 0 Å². The van der Waals surface area contributed by atoms with E-state index in [1.807, 2.05) is 16.9 Å². The highest BCUT2D eigenvalue weighted by Crippen LogP contribution is 2.08. The summed E-state index contributed by atoms with van der Waals surface area (Å²) in [4.78, 5) is 4.88. The smallest absolute Gasteiger partial charge is 0.0930 e. The van der Waals surface area contributed by atoms with Crippen molar-refractivity contribution in [1.82, 2.24) is 19.6 Å². The lowest BCUT2D eigenvalue weighted by atomic mass is 10.2. The van der Waals surface area contributed by atoms with Gasteiger partial charge in [0, 0.05) is 38.9 Å². The number of halogens is 1. The van der Waals surface area contributed by atoms with Crippen molar-refractivity contribution in [3.8, 4) is 0 Å². The van der Waals surface area contributed by atoms with Crippen LogP contribution in [-0.4, -0.2) is 52.3 Å². The number of hydrogen-bond acceptors (Lipinski definition) is 3. The summed E-state index contributed by atoms with van der Waals surface area (Å²) in [5.41, 5.74) is 1.26. The molecule has 2 aromatic rings. The molecule has 0 unspecified atom stereocenters. The maximum absolute atomic E-state index is 5.89. The first-order valence-electron chi connectivity index (χ1n) is 7.64. The SMILES string of the molecule is Clc1cnn(CN2CCN(C/C=C/c3ccccc3)CC2)c1. The zero-order valence-electron chi connectivity index (χ0n) is 12.6. The zero-order valence-corrected chi connectivity index (χ0v) is 13.4. The van der Waals surface area contributed by atoms with E-state index in [1.54, 1.807) is 6.20 Å². The summed E-state index contributed by atoms with van der Waals surface area (Å²) >= 11 is 5.89. The molecule has 0 aliphatic carbocycles. The Bertz CT molecular complexity index is 600. The quantitative estimate of drug-likeness (QED) is 0.848. The van der Waals surface area contributed by atoms with Gasteiger partial charge < -0.3 is 0 Å². The summed E-state index contributed by atoms with van der Waals surface area (Å²) in [7, 11) is 0. The number of nitrogens with zero attached hydrogens (tertiary/aromatic N) is 4. The van der Waals surface area contributed by atoms with Crippen LogP contribution in [0.3, 0.4) is 0 Å². The predicted octanol–water partition coefficient (Wildman–Crippen LogP) is 2.83. The van der Waals surface area contributed by atoms with Crippen molar-refractivity contribution in [3.05, 3.63) is 59.4 Å². The van der Waals surface area contributed by atoms with Crippen LogP contribution in [0.5, 0.6) is 0 Å². The predicted molar refractivity (Wildman–Crippen MR) is 90.7 cm³/mol. The Balaban J connectivity index is 1.41. The molecule has 0 bridgehead atoms. The van der Waals surface area contributed by atoms with Crippen LogP contribution >= 0.6 is 11.6 Å². The van der Waals surface area contributed by atoms with Gasteiger partial charge in [-0.1, -0.05) is 54.1 Å². The topological polar surface area (TPSA) is 24.3 Å². The second-order valence-electron chi connectivity index (χ2n) is 5.57. The minimum absolute atomic E-state index is 0.699. The third-order valence-electron chi connectivity index (χ3n) is 3.89. The maximum atomic E-state index is 5.89. The van der Waals surface area contributed by atoms with E-state index in [4.69, 9.17) is 11.6 Å². The highest BCUT2D eigenvalue weighted by molar-refractivity contribution is 6.30. The molecule has 0 N–H and O–H groups in total.